The molecule has 0 spiro atoms. The zero-order chi connectivity index (χ0) is 16.9. The van der Waals surface area contributed by atoms with Crippen molar-refractivity contribution in [1.82, 2.24) is 15.4 Å². The fraction of sp³-hybridized carbons (Fsp3) is 0.529. The minimum absolute atomic E-state index is 0.365. The largest absolute Gasteiger partial charge is 0.365 e. The second kappa shape index (κ2) is 7.96. The fourth-order valence-corrected chi connectivity index (χ4v) is 3.29. The van der Waals surface area contributed by atoms with E-state index in [1.165, 1.54) is 38.4 Å². The molecule has 3 rings (SSSR count). The molecule has 1 saturated heterocycles. The van der Waals surface area contributed by atoms with Crippen molar-refractivity contribution < 1.29 is 10.0 Å². The molecule has 2 aliphatic rings. The first-order valence-electron chi connectivity index (χ1n) is 8.40. The molecule has 1 aliphatic heterocycles. The molecule has 2 heterocycles. The molecule has 1 saturated carbocycles. The number of likely N-dealkylation sites (tertiary alicyclic amines) is 1. The molecular weight excluding hydrogens is 328 g/mol. The number of halogens is 1. The normalized spacial score (nSPS) is 21.8. The maximum absolute atomic E-state index is 11.0. The van der Waals surface area contributed by atoms with Gasteiger partial charge in [-0.25, -0.2) is 10.5 Å². The Labute approximate surface area is 146 Å². The van der Waals surface area contributed by atoms with Gasteiger partial charge in [-0.3, -0.25) is 10.0 Å². The van der Waals surface area contributed by atoms with E-state index in [0.717, 1.165) is 18.9 Å². The zero-order valence-electron chi connectivity index (χ0n) is 13.5. The van der Waals surface area contributed by atoms with Crippen LogP contribution < -0.4 is 10.8 Å². The summed E-state index contributed by atoms with van der Waals surface area (Å²) in [7, 11) is 0. The van der Waals surface area contributed by atoms with Crippen molar-refractivity contribution in [2.24, 2.45) is 5.92 Å². The third-order valence-electron chi connectivity index (χ3n) is 4.46. The molecule has 1 atom stereocenters. The average molecular weight is 351 g/mol. The van der Waals surface area contributed by atoms with Gasteiger partial charge in [-0.15, -0.1) is 0 Å². The quantitative estimate of drug-likeness (QED) is 0.417. The second-order valence-electron chi connectivity index (χ2n) is 6.59. The average Bonchev–Trinajstić information content (AvgIpc) is 3.39. The summed E-state index contributed by atoms with van der Waals surface area (Å²) >= 11 is 6.31. The van der Waals surface area contributed by atoms with E-state index in [9.17, 15) is 4.79 Å². The number of piperidine rings is 1. The summed E-state index contributed by atoms with van der Waals surface area (Å²) < 4.78 is 0. The van der Waals surface area contributed by atoms with Gasteiger partial charge in [0.2, 0.25) is 0 Å². The fourth-order valence-electron chi connectivity index (χ4n) is 3.06. The first kappa shape index (κ1) is 17.2. The lowest BCUT2D eigenvalue weighted by atomic mass is 10.1. The number of nitrogens with one attached hydrogen (secondary N) is 2. The van der Waals surface area contributed by atoms with Crippen molar-refractivity contribution in [2.75, 3.05) is 25.0 Å². The van der Waals surface area contributed by atoms with Gasteiger partial charge in [0.1, 0.15) is 5.82 Å². The van der Waals surface area contributed by atoms with Crippen molar-refractivity contribution >= 4 is 29.4 Å². The van der Waals surface area contributed by atoms with Crippen LogP contribution in [0.2, 0.25) is 5.02 Å². The molecule has 3 N–H and O–H groups in total. The summed E-state index contributed by atoms with van der Waals surface area (Å²) in [6, 6.07) is 2.12. The molecule has 130 valence electrons. The summed E-state index contributed by atoms with van der Waals surface area (Å²) in [6.45, 7) is 3.44. The van der Waals surface area contributed by atoms with Gasteiger partial charge in [0, 0.05) is 31.4 Å². The lowest BCUT2D eigenvalue weighted by Gasteiger charge is -2.33. The highest BCUT2D eigenvalue weighted by atomic mass is 35.5. The van der Waals surface area contributed by atoms with Crippen LogP contribution in [-0.4, -0.2) is 46.7 Å². The van der Waals surface area contributed by atoms with Crippen LogP contribution in [0.25, 0.3) is 6.08 Å². The maximum Gasteiger partial charge on any atom is 0.267 e. The lowest BCUT2D eigenvalue weighted by Crippen LogP contribution is -2.43. The topological polar surface area (TPSA) is 77.5 Å². The molecule has 1 aromatic heterocycles. The van der Waals surface area contributed by atoms with Crippen LogP contribution in [0.1, 0.15) is 31.2 Å². The summed E-state index contributed by atoms with van der Waals surface area (Å²) in [4.78, 5) is 17.9. The lowest BCUT2D eigenvalue weighted by molar-refractivity contribution is -0.124. The SMILES string of the molecule is O=C(C=Cc1cnc(N[C@@H]2CCCN(CC3CC3)C2)c(Cl)c1)NO. The number of pyridine rings is 1. The van der Waals surface area contributed by atoms with E-state index >= 15 is 0 Å². The third-order valence-corrected chi connectivity index (χ3v) is 4.75. The van der Waals surface area contributed by atoms with Crippen molar-refractivity contribution in [3.8, 4) is 0 Å². The summed E-state index contributed by atoms with van der Waals surface area (Å²) in [5.41, 5.74) is 2.24. The van der Waals surface area contributed by atoms with E-state index < -0.39 is 5.91 Å². The number of amides is 1. The van der Waals surface area contributed by atoms with Gasteiger partial charge < -0.3 is 10.2 Å². The minimum Gasteiger partial charge on any atom is -0.365 e. The van der Waals surface area contributed by atoms with Crippen LogP contribution >= 0.6 is 11.6 Å². The number of anilines is 1. The Morgan fingerprint density at radius 2 is 2.29 bits per heavy atom. The Morgan fingerprint density at radius 3 is 3.00 bits per heavy atom. The Balaban J connectivity index is 1.58. The summed E-state index contributed by atoms with van der Waals surface area (Å²) in [5, 5.41) is 12.4. The van der Waals surface area contributed by atoms with E-state index in [1.807, 2.05) is 0 Å². The molecule has 0 aromatic carbocycles. The highest BCUT2D eigenvalue weighted by molar-refractivity contribution is 6.33. The van der Waals surface area contributed by atoms with E-state index in [2.05, 4.69) is 15.2 Å². The number of carbonyl (C=O) groups is 1. The predicted molar refractivity (Wildman–Crippen MR) is 94.0 cm³/mol. The Hall–Kier alpha value is -1.63. The van der Waals surface area contributed by atoms with Crippen molar-refractivity contribution in [3.63, 3.8) is 0 Å². The van der Waals surface area contributed by atoms with Crippen LogP contribution in [0.5, 0.6) is 0 Å². The summed E-state index contributed by atoms with van der Waals surface area (Å²) in [5.74, 6) is 0.998. The maximum atomic E-state index is 11.0. The number of hydrogen-bond donors (Lipinski definition) is 3. The van der Waals surface area contributed by atoms with E-state index in [-0.39, 0.29) is 0 Å². The van der Waals surface area contributed by atoms with Crippen molar-refractivity contribution in [2.45, 2.75) is 31.7 Å². The van der Waals surface area contributed by atoms with Crippen LogP contribution in [-0.2, 0) is 4.79 Å². The van der Waals surface area contributed by atoms with Gasteiger partial charge in [0.25, 0.3) is 5.91 Å². The molecule has 1 aliphatic carbocycles. The molecule has 0 bridgehead atoms. The van der Waals surface area contributed by atoms with Gasteiger partial charge in [-0.1, -0.05) is 11.6 Å². The Kier molecular flexibility index (Phi) is 5.71. The standard InChI is InChI=1S/C17H23ClN4O2/c18-15-8-13(5-6-16(23)21-24)9-19-17(15)20-14-2-1-7-22(11-14)10-12-3-4-12/h5-6,8-9,12,14,24H,1-4,7,10-11H2,(H,19,20)(H,21,23)/t14-/m1/s1. The number of rotatable bonds is 6. The zero-order valence-corrected chi connectivity index (χ0v) is 14.3. The number of hydroxylamine groups is 1. The van der Waals surface area contributed by atoms with Gasteiger partial charge in [0.05, 0.1) is 5.02 Å². The van der Waals surface area contributed by atoms with E-state index in [1.54, 1.807) is 23.8 Å². The molecule has 24 heavy (non-hydrogen) atoms. The molecule has 0 unspecified atom stereocenters. The molecule has 2 fully saturated rings. The Bertz CT molecular complexity index is 619. The molecule has 1 amide bonds. The highest BCUT2D eigenvalue weighted by Crippen LogP contribution is 2.31. The number of nitrogens with zero attached hydrogens (tertiary/aromatic N) is 2. The number of aromatic nitrogens is 1. The van der Waals surface area contributed by atoms with Crippen LogP contribution in [0, 0.1) is 5.92 Å². The molecular formula is C17H23ClN4O2. The molecule has 6 nitrogen and oxygen atoms in total. The van der Waals surface area contributed by atoms with Crippen LogP contribution in [0.4, 0.5) is 5.82 Å². The van der Waals surface area contributed by atoms with Crippen molar-refractivity contribution in [3.05, 3.63) is 28.9 Å². The first-order chi connectivity index (χ1) is 11.6. The van der Waals surface area contributed by atoms with Gasteiger partial charge >= 0.3 is 0 Å². The van der Waals surface area contributed by atoms with Gasteiger partial charge in [-0.2, -0.15) is 0 Å². The van der Waals surface area contributed by atoms with Crippen LogP contribution in [0.3, 0.4) is 0 Å². The number of hydrogen-bond acceptors (Lipinski definition) is 5. The van der Waals surface area contributed by atoms with Crippen molar-refractivity contribution in [1.29, 1.82) is 0 Å². The van der Waals surface area contributed by atoms with Gasteiger partial charge in [0.15, 0.2) is 0 Å². The Morgan fingerprint density at radius 1 is 1.46 bits per heavy atom. The summed E-state index contributed by atoms with van der Waals surface area (Å²) in [6.07, 6.45) is 9.50. The highest BCUT2D eigenvalue weighted by Gasteiger charge is 2.27. The number of carbonyl (C=O) groups excluding carboxylic acids is 1. The monoisotopic (exact) mass is 350 g/mol. The molecule has 0 radical (unpaired) electrons. The van der Waals surface area contributed by atoms with Gasteiger partial charge in [-0.05, 0) is 55.9 Å². The van der Waals surface area contributed by atoms with E-state index in [0.29, 0.717) is 22.4 Å². The smallest absolute Gasteiger partial charge is 0.267 e. The second-order valence-corrected chi connectivity index (χ2v) is 7.00. The first-order valence-corrected chi connectivity index (χ1v) is 8.78. The minimum atomic E-state index is -0.591. The molecule has 1 aromatic rings. The third kappa shape index (κ3) is 4.93. The van der Waals surface area contributed by atoms with E-state index in [4.69, 9.17) is 16.8 Å². The predicted octanol–water partition coefficient (Wildman–Crippen LogP) is 2.54. The van der Waals surface area contributed by atoms with Crippen LogP contribution in [0.15, 0.2) is 18.3 Å². The molecule has 7 heteroatoms.